The molecular formula is C22H18F3NO5. The molecular weight excluding hydrogens is 415 g/mol. The Morgan fingerprint density at radius 1 is 1.13 bits per heavy atom. The van der Waals surface area contributed by atoms with Crippen molar-refractivity contribution in [2.75, 3.05) is 6.61 Å². The molecule has 1 amide bonds. The molecule has 2 aromatic carbocycles. The van der Waals surface area contributed by atoms with Crippen molar-refractivity contribution >= 4 is 5.91 Å². The molecule has 0 saturated carbocycles. The number of hydrogen-bond acceptors (Lipinski definition) is 5. The van der Waals surface area contributed by atoms with Crippen LogP contribution in [0, 0.1) is 0 Å². The Kier molecular flexibility index (Phi) is 5.60. The summed E-state index contributed by atoms with van der Waals surface area (Å²) in [4.78, 5) is 12.5. The molecule has 0 spiro atoms. The van der Waals surface area contributed by atoms with E-state index in [9.17, 15) is 18.0 Å². The molecule has 1 unspecified atom stereocenters. The van der Waals surface area contributed by atoms with E-state index in [-0.39, 0.29) is 29.9 Å². The summed E-state index contributed by atoms with van der Waals surface area (Å²) in [5, 5.41) is 12.0. The van der Waals surface area contributed by atoms with E-state index in [1.54, 1.807) is 24.3 Å². The Morgan fingerprint density at radius 2 is 1.94 bits per heavy atom. The minimum atomic E-state index is -4.78. The van der Waals surface area contributed by atoms with Crippen molar-refractivity contribution in [1.29, 1.82) is 0 Å². The maximum Gasteiger partial charge on any atom is 0.573 e. The average molecular weight is 433 g/mol. The summed E-state index contributed by atoms with van der Waals surface area (Å²) in [6.45, 7) is 0.0834. The molecule has 0 aliphatic carbocycles. The normalized spacial score (nSPS) is 15.7. The molecule has 3 aromatic rings. The zero-order chi connectivity index (χ0) is 22.0. The number of fused-ring (bicyclic) bond motifs is 1. The summed E-state index contributed by atoms with van der Waals surface area (Å²) in [5.74, 6) is 0.175. The first kappa shape index (κ1) is 20.8. The number of amides is 1. The second kappa shape index (κ2) is 8.35. The van der Waals surface area contributed by atoms with E-state index in [1.807, 2.05) is 0 Å². The van der Waals surface area contributed by atoms with Crippen LogP contribution in [-0.4, -0.2) is 24.0 Å². The van der Waals surface area contributed by atoms with Gasteiger partial charge in [-0.25, -0.2) is 0 Å². The Morgan fingerprint density at radius 3 is 2.68 bits per heavy atom. The minimum Gasteiger partial charge on any atom is -0.493 e. The molecule has 2 heterocycles. The van der Waals surface area contributed by atoms with Crippen LogP contribution < -0.4 is 14.8 Å². The van der Waals surface area contributed by atoms with Crippen molar-refractivity contribution in [3.05, 3.63) is 71.7 Å². The third-order valence-electron chi connectivity index (χ3n) is 4.80. The van der Waals surface area contributed by atoms with Gasteiger partial charge in [-0.05, 0) is 47.5 Å². The van der Waals surface area contributed by atoms with Gasteiger partial charge in [0.1, 0.15) is 23.9 Å². The Labute approximate surface area is 175 Å². The van der Waals surface area contributed by atoms with Gasteiger partial charge < -0.3 is 24.3 Å². The van der Waals surface area contributed by atoms with Crippen LogP contribution >= 0.6 is 0 Å². The van der Waals surface area contributed by atoms with Crippen molar-refractivity contribution in [2.24, 2.45) is 0 Å². The number of hydrogen-bond donors (Lipinski definition) is 2. The lowest BCUT2D eigenvalue weighted by Gasteiger charge is -2.27. The highest BCUT2D eigenvalue weighted by Gasteiger charge is 2.31. The molecule has 31 heavy (non-hydrogen) atoms. The zero-order valence-electron chi connectivity index (χ0n) is 16.1. The van der Waals surface area contributed by atoms with Gasteiger partial charge in [-0.3, -0.25) is 4.79 Å². The van der Waals surface area contributed by atoms with Gasteiger partial charge in [0.2, 0.25) is 0 Å². The highest BCUT2D eigenvalue weighted by atomic mass is 19.4. The number of nitrogens with one attached hydrogen (secondary N) is 1. The molecule has 0 saturated heterocycles. The number of furan rings is 1. The van der Waals surface area contributed by atoms with Crippen LogP contribution in [0.5, 0.6) is 11.5 Å². The monoisotopic (exact) mass is 433 g/mol. The smallest absolute Gasteiger partial charge is 0.493 e. The van der Waals surface area contributed by atoms with Crippen LogP contribution in [0.3, 0.4) is 0 Å². The van der Waals surface area contributed by atoms with Gasteiger partial charge in [0.05, 0.1) is 12.6 Å². The topological polar surface area (TPSA) is 80.9 Å². The van der Waals surface area contributed by atoms with E-state index in [2.05, 4.69) is 10.1 Å². The first-order valence-electron chi connectivity index (χ1n) is 9.46. The van der Waals surface area contributed by atoms with Gasteiger partial charge >= 0.3 is 6.36 Å². The lowest BCUT2D eigenvalue weighted by Crippen LogP contribution is -2.32. The molecule has 6 nitrogen and oxygen atoms in total. The number of benzene rings is 2. The fourth-order valence-corrected chi connectivity index (χ4v) is 3.41. The second-order valence-corrected chi connectivity index (χ2v) is 6.92. The Balaban J connectivity index is 1.59. The van der Waals surface area contributed by atoms with Crippen LogP contribution in [0.1, 0.15) is 34.3 Å². The largest absolute Gasteiger partial charge is 0.573 e. The number of alkyl halides is 3. The van der Waals surface area contributed by atoms with Crippen LogP contribution in [0.4, 0.5) is 13.2 Å². The fraction of sp³-hybridized carbons (Fsp3) is 0.227. The summed E-state index contributed by atoms with van der Waals surface area (Å²) >= 11 is 0. The SMILES string of the molecule is O=C(NC1CCOc2ccc(-c3cccc(OC(F)(F)F)c3)cc21)c1ccc(CO)o1. The van der Waals surface area contributed by atoms with Crippen molar-refractivity contribution in [3.8, 4) is 22.6 Å². The predicted octanol–water partition coefficient (Wildman–Crippen LogP) is 4.59. The van der Waals surface area contributed by atoms with Gasteiger partial charge in [-0.15, -0.1) is 13.2 Å². The van der Waals surface area contributed by atoms with Gasteiger partial charge in [-0.2, -0.15) is 0 Å². The standard InChI is InChI=1S/C22H18F3NO5/c23-22(24,25)31-15-3-1-2-13(10-15)14-4-6-19-17(11-14)18(8-9-29-19)26-21(28)20-7-5-16(12-27)30-20/h1-7,10-11,18,27H,8-9,12H2,(H,26,28). The first-order valence-corrected chi connectivity index (χ1v) is 9.46. The molecule has 4 rings (SSSR count). The molecule has 162 valence electrons. The molecule has 1 aliphatic heterocycles. The van der Waals surface area contributed by atoms with Crippen LogP contribution in [0.2, 0.25) is 0 Å². The van der Waals surface area contributed by atoms with Gasteiger partial charge in [0.15, 0.2) is 5.76 Å². The Hall–Kier alpha value is -3.46. The van der Waals surface area contributed by atoms with Crippen molar-refractivity contribution in [2.45, 2.75) is 25.4 Å². The molecule has 1 aromatic heterocycles. The van der Waals surface area contributed by atoms with Crippen LogP contribution in [0.25, 0.3) is 11.1 Å². The van der Waals surface area contributed by atoms with E-state index >= 15 is 0 Å². The third-order valence-corrected chi connectivity index (χ3v) is 4.80. The lowest BCUT2D eigenvalue weighted by atomic mass is 9.95. The van der Waals surface area contributed by atoms with Crippen LogP contribution in [-0.2, 0) is 6.61 Å². The number of carbonyl (C=O) groups is 1. The summed E-state index contributed by atoms with van der Waals surface area (Å²) < 4.78 is 52.5. The minimum absolute atomic E-state index is 0.0743. The molecule has 0 radical (unpaired) electrons. The molecule has 1 aliphatic rings. The Bertz CT molecular complexity index is 1090. The highest BCUT2D eigenvalue weighted by Crippen LogP contribution is 2.36. The number of carbonyl (C=O) groups excluding carboxylic acids is 1. The molecule has 0 bridgehead atoms. The van der Waals surface area contributed by atoms with Crippen molar-refractivity contribution < 1.29 is 37.0 Å². The van der Waals surface area contributed by atoms with E-state index < -0.39 is 12.3 Å². The van der Waals surface area contributed by atoms with Crippen molar-refractivity contribution in [1.82, 2.24) is 5.32 Å². The average Bonchev–Trinajstić information content (AvgIpc) is 3.22. The summed E-state index contributed by atoms with van der Waals surface area (Å²) in [6, 6.07) is 13.5. The molecule has 1 atom stereocenters. The highest BCUT2D eigenvalue weighted by molar-refractivity contribution is 5.91. The number of aliphatic hydroxyl groups is 1. The van der Waals surface area contributed by atoms with Crippen LogP contribution in [0.15, 0.2) is 59.0 Å². The maximum absolute atomic E-state index is 12.5. The van der Waals surface area contributed by atoms with E-state index in [0.29, 0.717) is 35.5 Å². The third kappa shape index (κ3) is 4.83. The van der Waals surface area contributed by atoms with E-state index in [1.165, 1.54) is 30.3 Å². The number of rotatable bonds is 5. The molecule has 2 N–H and O–H groups in total. The summed E-state index contributed by atoms with van der Waals surface area (Å²) in [5.41, 5.74) is 1.88. The van der Waals surface area contributed by atoms with E-state index in [4.69, 9.17) is 14.3 Å². The van der Waals surface area contributed by atoms with Gasteiger partial charge in [0.25, 0.3) is 5.91 Å². The number of halogens is 3. The summed E-state index contributed by atoms with van der Waals surface area (Å²) in [7, 11) is 0. The van der Waals surface area contributed by atoms with Gasteiger partial charge in [-0.1, -0.05) is 18.2 Å². The molecule has 0 fully saturated rings. The maximum atomic E-state index is 12.5. The molecule has 9 heteroatoms. The zero-order valence-corrected chi connectivity index (χ0v) is 16.1. The fourth-order valence-electron chi connectivity index (χ4n) is 3.41. The number of aliphatic hydroxyl groups excluding tert-OH is 1. The lowest BCUT2D eigenvalue weighted by molar-refractivity contribution is -0.274. The number of ether oxygens (including phenoxy) is 2. The first-order chi connectivity index (χ1) is 14.8. The second-order valence-electron chi connectivity index (χ2n) is 6.92. The van der Waals surface area contributed by atoms with Crippen molar-refractivity contribution in [3.63, 3.8) is 0 Å². The quantitative estimate of drug-likeness (QED) is 0.615. The predicted molar refractivity (Wildman–Crippen MR) is 104 cm³/mol. The summed E-state index contributed by atoms with van der Waals surface area (Å²) in [6.07, 6.45) is -4.27. The van der Waals surface area contributed by atoms with Gasteiger partial charge in [0, 0.05) is 12.0 Å². The van der Waals surface area contributed by atoms with E-state index in [0.717, 1.165) is 0 Å².